The molecule has 0 aliphatic carbocycles. The normalized spacial score (nSPS) is 9.88. The molecule has 1 rings (SSSR count). The van der Waals surface area contributed by atoms with Crippen molar-refractivity contribution >= 4 is 12.3 Å². The number of hydrogen-bond acceptors (Lipinski definition) is 4. The molecule has 0 radical (unpaired) electrons. The molecule has 0 spiro atoms. The van der Waals surface area contributed by atoms with E-state index in [0.717, 1.165) is 11.1 Å². The number of ether oxygens (including phenoxy) is 1. The van der Waals surface area contributed by atoms with E-state index in [2.05, 4.69) is 10.1 Å². The predicted molar refractivity (Wildman–Crippen MR) is 60.1 cm³/mol. The van der Waals surface area contributed by atoms with Gasteiger partial charge >= 0.3 is 0 Å². The van der Waals surface area contributed by atoms with E-state index in [0.29, 0.717) is 18.6 Å². The minimum absolute atomic E-state index is 0.0255. The van der Waals surface area contributed by atoms with Gasteiger partial charge in [-0.3, -0.25) is 9.59 Å². The molecule has 0 bridgehead atoms. The van der Waals surface area contributed by atoms with Crippen LogP contribution in [0.2, 0.25) is 0 Å². The summed E-state index contributed by atoms with van der Waals surface area (Å²) in [6, 6.07) is 5.54. The van der Waals surface area contributed by atoms with Crippen LogP contribution < -0.4 is 5.32 Å². The first kappa shape index (κ1) is 12.4. The summed E-state index contributed by atoms with van der Waals surface area (Å²) in [4.78, 5) is 21.5. The molecule has 1 N–H and O–H groups in total. The highest BCUT2D eigenvalue weighted by atomic mass is 16.5. The molecular weight excluding hydrogens is 206 g/mol. The number of carbonyl (C=O) groups excluding carboxylic acids is 2. The highest BCUT2D eigenvalue weighted by molar-refractivity contribution is 5.95. The fourth-order valence-electron chi connectivity index (χ4n) is 1.52. The van der Waals surface area contributed by atoms with Crippen LogP contribution in [0.25, 0.3) is 0 Å². The van der Waals surface area contributed by atoms with Crippen LogP contribution in [-0.4, -0.2) is 19.3 Å². The van der Waals surface area contributed by atoms with Gasteiger partial charge in [0.2, 0.25) is 0 Å². The van der Waals surface area contributed by atoms with Crippen LogP contribution >= 0.6 is 0 Å². The number of ketones is 1. The van der Waals surface area contributed by atoms with Crippen LogP contribution in [0.5, 0.6) is 0 Å². The van der Waals surface area contributed by atoms with Crippen molar-refractivity contribution in [3.05, 3.63) is 34.9 Å². The molecule has 16 heavy (non-hydrogen) atoms. The van der Waals surface area contributed by atoms with E-state index in [1.54, 1.807) is 0 Å². The fraction of sp³-hybridized carbons (Fsp3) is 0.333. The highest BCUT2D eigenvalue weighted by Gasteiger charge is 2.08. The molecule has 0 heterocycles. The number of hydrogen-bond donors (Lipinski definition) is 1. The van der Waals surface area contributed by atoms with Crippen LogP contribution in [0.3, 0.4) is 0 Å². The molecule has 4 nitrogen and oxygen atoms in total. The number of rotatable bonds is 6. The fourth-order valence-corrected chi connectivity index (χ4v) is 1.52. The molecular formula is C12H15NO3. The standard InChI is InChI=1S/C12H15NO3/c1-9(15)12-5-10(6-13-2)3-4-11(12)7-16-8-14/h3-5,8,13H,6-7H2,1-2H3. The first-order chi connectivity index (χ1) is 7.69. The molecule has 0 aliphatic heterocycles. The Labute approximate surface area is 94.6 Å². The van der Waals surface area contributed by atoms with Crippen molar-refractivity contribution < 1.29 is 14.3 Å². The zero-order valence-electron chi connectivity index (χ0n) is 9.45. The van der Waals surface area contributed by atoms with Gasteiger partial charge in [0.05, 0.1) is 0 Å². The van der Waals surface area contributed by atoms with Crippen molar-refractivity contribution in [2.75, 3.05) is 7.05 Å². The summed E-state index contributed by atoms with van der Waals surface area (Å²) in [5.74, 6) is -0.0255. The van der Waals surface area contributed by atoms with Gasteiger partial charge in [-0.05, 0) is 25.6 Å². The Balaban J connectivity index is 2.99. The lowest BCUT2D eigenvalue weighted by molar-refractivity contribution is -0.129. The van der Waals surface area contributed by atoms with Gasteiger partial charge in [-0.25, -0.2) is 0 Å². The van der Waals surface area contributed by atoms with Gasteiger partial charge in [0, 0.05) is 17.7 Å². The van der Waals surface area contributed by atoms with Crippen molar-refractivity contribution in [2.45, 2.75) is 20.1 Å². The molecule has 0 saturated carbocycles. The molecule has 0 amide bonds. The van der Waals surface area contributed by atoms with Crippen LogP contribution in [0.1, 0.15) is 28.4 Å². The topological polar surface area (TPSA) is 55.4 Å². The summed E-state index contributed by atoms with van der Waals surface area (Å²) < 4.78 is 4.66. The van der Waals surface area contributed by atoms with E-state index in [1.165, 1.54) is 6.92 Å². The largest absolute Gasteiger partial charge is 0.463 e. The molecule has 0 atom stereocenters. The molecule has 0 fully saturated rings. The van der Waals surface area contributed by atoms with Gasteiger partial charge in [-0.2, -0.15) is 0 Å². The number of carbonyl (C=O) groups is 2. The lowest BCUT2D eigenvalue weighted by Gasteiger charge is -2.08. The highest BCUT2D eigenvalue weighted by Crippen LogP contribution is 2.14. The monoisotopic (exact) mass is 221 g/mol. The Kier molecular flexibility index (Phi) is 4.66. The lowest BCUT2D eigenvalue weighted by atomic mass is 10.0. The van der Waals surface area contributed by atoms with Crippen LogP contribution in [0.4, 0.5) is 0 Å². The average molecular weight is 221 g/mol. The molecule has 0 unspecified atom stereocenters. The second kappa shape index (κ2) is 6.02. The van der Waals surface area contributed by atoms with E-state index in [4.69, 9.17) is 0 Å². The SMILES string of the molecule is CNCc1ccc(COC=O)c(C(C)=O)c1. The van der Waals surface area contributed by atoms with Gasteiger partial charge in [-0.15, -0.1) is 0 Å². The first-order valence-electron chi connectivity index (χ1n) is 5.01. The maximum atomic E-state index is 11.4. The Morgan fingerprint density at radius 1 is 1.50 bits per heavy atom. The van der Waals surface area contributed by atoms with Gasteiger partial charge in [-0.1, -0.05) is 12.1 Å². The smallest absolute Gasteiger partial charge is 0.293 e. The summed E-state index contributed by atoms with van der Waals surface area (Å²) in [5, 5.41) is 3.01. The average Bonchev–Trinajstić information content (AvgIpc) is 2.27. The number of nitrogens with one attached hydrogen (secondary N) is 1. The minimum atomic E-state index is -0.0255. The second-order valence-corrected chi connectivity index (χ2v) is 3.49. The molecule has 0 aliphatic rings. The van der Waals surface area contributed by atoms with E-state index in [9.17, 15) is 9.59 Å². The number of benzene rings is 1. The zero-order valence-corrected chi connectivity index (χ0v) is 9.45. The van der Waals surface area contributed by atoms with E-state index >= 15 is 0 Å². The van der Waals surface area contributed by atoms with E-state index < -0.39 is 0 Å². The molecule has 0 saturated heterocycles. The predicted octanol–water partition coefficient (Wildman–Crippen LogP) is 1.28. The van der Waals surface area contributed by atoms with Crippen molar-refractivity contribution in [3.63, 3.8) is 0 Å². The maximum Gasteiger partial charge on any atom is 0.293 e. The second-order valence-electron chi connectivity index (χ2n) is 3.49. The molecule has 1 aromatic carbocycles. The van der Waals surface area contributed by atoms with Crippen LogP contribution in [-0.2, 0) is 22.7 Å². The third-order valence-corrected chi connectivity index (χ3v) is 2.24. The Morgan fingerprint density at radius 2 is 2.25 bits per heavy atom. The van der Waals surface area contributed by atoms with Crippen molar-refractivity contribution in [1.29, 1.82) is 0 Å². The van der Waals surface area contributed by atoms with Crippen molar-refractivity contribution in [1.82, 2.24) is 5.32 Å². The third kappa shape index (κ3) is 3.17. The van der Waals surface area contributed by atoms with Gasteiger partial charge < -0.3 is 10.1 Å². The van der Waals surface area contributed by atoms with Crippen molar-refractivity contribution in [2.24, 2.45) is 0 Å². The Morgan fingerprint density at radius 3 is 2.81 bits per heavy atom. The minimum Gasteiger partial charge on any atom is -0.463 e. The van der Waals surface area contributed by atoms with E-state index in [-0.39, 0.29) is 12.4 Å². The Hall–Kier alpha value is -1.68. The summed E-state index contributed by atoms with van der Waals surface area (Å²) in [5.41, 5.74) is 2.37. The quantitative estimate of drug-likeness (QED) is 0.580. The third-order valence-electron chi connectivity index (χ3n) is 2.24. The first-order valence-corrected chi connectivity index (χ1v) is 5.01. The maximum absolute atomic E-state index is 11.4. The van der Waals surface area contributed by atoms with Crippen LogP contribution in [0, 0.1) is 0 Å². The summed E-state index contributed by atoms with van der Waals surface area (Å²) in [6.07, 6.45) is 0. The van der Waals surface area contributed by atoms with E-state index in [1.807, 2.05) is 25.2 Å². The molecule has 4 heteroatoms. The summed E-state index contributed by atoms with van der Waals surface area (Å²) in [6.45, 7) is 2.72. The Bertz CT molecular complexity index is 388. The van der Waals surface area contributed by atoms with Gasteiger partial charge in [0.25, 0.3) is 6.47 Å². The zero-order chi connectivity index (χ0) is 12.0. The van der Waals surface area contributed by atoms with Crippen LogP contribution in [0.15, 0.2) is 18.2 Å². The van der Waals surface area contributed by atoms with Gasteiger partial charge in [0.1, 0.15) is 6.61 Å². The summed E-state index contributed by atoms with van der Waals surface area (Å²) in [7, 11) is 1.84. The van der Waals surface area contributed by atoms with Crippen molar-refractivity contribution in [3.8, 4) is 0 Å². The molecule has 86 valence electrons. The molecule has 1 aromatic rings. The lowest BCUT2D eigenvalue weighted by Crippen LogP contribution is -2.08. The molecule has 0 aromatic heterocycles. The van der Waals surface area contributed by atoms with Gasteiger partial charge in [0.15, 0.2) is 5.78 Å². The number of Topliss-reactive ketones (excluding diaryl/α,β-unsaturated/α-hetero) is 1. The summed E-state index contributed by atoms with van der Waals surface area (Å²) >= 11 is 0.